The topological polar surface area (TPSA) is 64.3 Å². The summed E-state index contributed by atoms with van der Waals surface area (Å²) in [6.45, 7) is 0.377. The zero-order chi connectivity index (χ0) is 14.6. The van der Waals surface area contributed by atoms with Gasteiger partial charge in [0.1, 0.15) is 5.54 Å². The third kappa shape index (κ3) is 2.77. The minimum absolute atomic E-state index is 0.136. The van der Waals surface area contributed by atoms with Gasteiger partial charge in [-0.25, -0.2) is 4.39 Å². The smallest absolute Gasteiger partial charge is 0.238 e. The lowest BCUT2D eigenvalue weighted by molar-refractivity contribution is -0.125. The third-order valence-electron chi connectivity index (χ3n) is 4.27. The second-order valence-electron chi connectivity index (χ2n) is 5.24. The Morgan fingerprint density at radius 1 is 1.55 bits per heavy atom. The van der Waals surface area contributed by atoms with E-state index in [0.717, 1.165) is 19.3 Å². The van der Waals surface area contributed by atoms with Crippen LogP contribution in [0.25, 0.3) is 0 Å². The molecule has 0 bridgehead atoms. The van der Waals surface area contributed by atoms with E-state index >= 15 is 0 Å². The second kappa shape index (κ2) is 6.22. The highest BCUT2D eigenvalue weighted by molar-refractivity contribution is 5.85. The Balaban J connectivity index is 1.94. The summed E-state index contributed by atoms with van der Waals surface area (Å²) >= 11 is 0. The number of nitrogens with two attached hydrogens (primary N) is 1. The van der Waals surface area contributed by atoms with Crippen LogP contribution in [-0.2, 0) is 4.79 Å². The third-order valence-corrected chi connectivity index (χ3v) is 4.27. The SMILES string of the molecule is CNC1(C(N)=O)CCCC1CCOc1ccccc1F. The van der Waals surface area contributed by atoms with Crippen LogP contribution in [0.15, 0.2) is 24.3 Å². The molecule has 1 fully saturated rings. The molecular weight excluding hydrogens is 259 g/mol. The van der Waals surface area contributed by atoms with Crippen LogP contribution >= 0.6 is 0 Å². The van der Waals surface area contributed by atoms with E-state index in [1.807, 2.05) is 0 Å². The molecule has 1 aliphatic carbocycles. The lowest BCUT2D eigenvalue weighted by atomic mass is 9.84. The van der Waals surface area contributed by atoms with Crippen molar-refractivity contribution in [3.05, 3.63) is 30.1 Å². The highest BCUT2D eigenvalue weighted by atomic mass is 19.1. The summed E-state index contributed by atoms with van der Waals surface area (Å²) in [6.07, 6.45) is 3.33. The number of benzene rings is 1. The van der Waals surface area contributed by atoms with Gasteiger partial charge in [0, 0.05) is 0 Å². The van der Waals surface area contributed by atoms with Crippen molar-refractivity contribution in [1.29, 1.82) is 0 Å². The average Bonchev–Trinajstić information content (AvgIpc) is 2.85. The summed E-state index contributed by atoms with van der Waals surface area (Å²) < 4.78 is 18.9. The number of amides is 1. The van der Waals surface area contributed by atoms with Crippen LogP contribution in [0, 0.1) is 11.7 Å². The Morgan fingerprint density at radius 2 is 2.30 bits per heavy atom. The molecular formula is C15H21FN2O2. The number of ether oxygens (including phenoxy) is 1. The van der Waals surface area contributed by atoms with Gasteiger partial charge in [-0.1, -0.05) is 18.6 Å². The first kappa shape index (κ1) is 14.8. The molecule has 5 heteroatoms. The summed E-state index contributed by atoms with van der Waals surface area (Å²) in [5.41, 5.74) is 4.90. The molecule has 2 unspecified atom stereocenters. The summed E-state index contributed by atoms with van der Waals surface area (Å²) in [7, 11) is 1.76. The van der Waals surface area contributed by atoms with Crippen molar-refractivity contribution in [3.8, 4) is 5.75 Å². The van der Waals surface area contributed by atoms with E-state index in [1.165, 1.54) is 6.07 Å². The van der Waals surface area contributed by atoms with Crippen molar-refractivity contribution in [1.82, 2.24) is 5.32 Å². The van der Waals surface area contributed by atoms with Gasteiger partial charge in [-0.05, 0) is 44.4 Å². The van der Waals surface area contributed by atoms with Gasteiger partial charge in [-0.2, -0.15) is 0 Å². The van der Waals surface area contributed by atoms with Gasteiger partial charge in [-0.15, -0.1) is 0 Å². The highest BCUT2D eigenvalue weighted by Crippen LogP contribution is 2.37. The molecule has 2 rings (SSSR count). The minimum Gasteiger partial charge on any atom is -0.491 e. The summed E-state index contributed by atoms with van der Waals surface area (Å²) in [6, 6.07) is 6.32. The fourth-order valence-corrected chi connectivity index (χ4v) is 3.12. The summed E-state index contributed by atoms with van der Waals surface area (Å²) in [4.78, 5) is 11.7. The number of primary amides is 1. The Bertz CT molecular complexity index is 481. The zero-order valence-electron chi connectivity index (χ0n) is 11.7. The molecule has 4 nitrogen and oxygen atoms in total. The van der Waals surface area contributed by atoms with Crippen LogP contribution < -0.4 is 15.8 Å². The van der Waals surface area contributed by atoms with Crippen molar-refractivity contribution >= 4 is 5.91 Å². The minimum atomic E-state index is -0.640. The van der Waals surface area contributed by atoms with Crippen LogP contribution in [0.5, 0.6) is 5.75 Å². The summed E-state index contributed by atoms with van der Waals surface area (Å²) in [5.74, 6) is -0.293. The van der Waals surface area contributed by atoms with E-state index in [0.29, 0.717) is 13.0 Å². The second-order valence-corrected chi connectivity index (χ2v) is 5.24. The molecule has 1 aliphatic rings. The lowest BCUT2D eigenvalue weighted by Crippen LogP contribution is -2.56. The Labute approximate surface area is 118 Å². The first-order chi connectivity index (χ1) is 9.60. The van der Waals surface area contributed by atoms with Crippen LogP contribution in [0.4, 0.5) is 4.39 Å². The van der Waals surface area contributed by atoms with E-state index in [1.54, 1.807) is 25.2 Å². The van der Waals surface area contributed by atoms with Crippen molar-refractivity contribution < 1.29 is 13.9 Å². The van der Waals surface area contributed by atoms with Crippen molar-refractivity contribution in [3.63, 3.8) is 0 Å². The number of hydrogen-bond donors (Lipinski definition) is 2. The molecule has 110 valence electrons. The predicted octanol–water partition coefficient (Wildman–Crippen LogP) is 1.84. The maximum absolute atomic E-state index is 13.4. The van der Waals surface area contributed by atoms with Crippen LogP contribution in [0.3, 0.4) is 0 Å². The van der Waals surface area contributed by atoms with Gasteiger partial charge >= 0.3 is 0 Å². The van der Waals surface area contributed by atoms with E-state index in [-0.39, 0.29) is 23.4 Å². The fraction of sp³-hybridized carbons (Fsp3) is 0.533. The number of nitrogens with one attached hydrogen (secondary N) is 1. The molecule has 1 aromatic rings. The van der Waals surface area contributed by atoms with Crippen molar-refractivity contribution in [2.75, 3.05) is 13.7 Å². The number of rotatable bonds is 6. The molecule has 0 aromatic heterocycles. The van der Waals surface area contributed by atoms with Crippen LogP contribution in [-0.4, -0.2) is 25.1 Å². The van der Waals surface area contributed by atoms with Gasteiger partial charge in [0.25, 0.3) is 0 Å². The molecule has 1 amide bonds. The number of hydrogen-bond acceptors (Lipinski definition) is 3. The number of para-hydroxylation sites is 1. The first-order valence-corrected chi connectivity index (χ1v) is 6.96. The molecule has 1 aromatic carbocycles. The van der Waals surface area contributed by atoms with Crippen molar-refractivity contribution in [2.24, 2.45) is 11.7 Å². The molecule has 20 heavy (non-hydrogen) atoms. The predicted molar refractivity (Wildman–Crippen MR) is 74.8 cm³/mol. The Kier molecular flexibility index (Phi) is 4.60. The van der Waals surface area contributed by atoms with Gasteiger partial charge in [0.15, 0.2) is 11.6 Å². The molecule has 0 heterocycles. The zero-order valence-corrected chi connectivity index (χ0v) is 11.7. The van der Waals surface area contributed by atoms with Crippen molar-refractivity contribution in [2.45, 2.75) is 31.2 Å². The number of carbonyl (C=O) groups is 1. The monoisotopic (exact) mass is 280 g/mol. The quantitative estimate of drug-likeness (QED) is 0.835. The molecule has 0 saturated heterocycles. The molecule has 3 N–H and O–H groups in total. The maximum Gasteiger partial charge on any atom is 0.238 e. The van der Waals surface area contributed by atoms with Gasteiger partial charge in [0.05, 0.1) is 6.61 Å². The van der Waals surface area contributed by atoms with E-state index in [4.69, 9.17) is 10.5 Å². The molecule has 1 saturated carbocycles. The fourth-order valence-electron chi connectivity index (χ4n) is 3.12. The number of likely N-dealkylation sites (N-methyl/N-ethyl adjacent to an activating group) is 1. The maximum atomic E-state index is 13.4. The molecule has 0 aliphatic heterocycles. The first-order valence-electron chi connectivity index (χ1n) is 6.96. The molecule has 0 radical (unpaired) electrons. The van der Waals surface area contributed by atoms with Crippen LogP contribution in [0.1, 0.15) is 25.7 Å². The van der Waals surface area contributed by atoms with E-state index in [9.17, 15) is 9.18 Å². The van der Waals surface area contributed by atoms with E-state index in [2.05, 4.69) is 5.32 Å². The van der Waals surface area contributed by atoms with Gasteiger partial charge in [0.2, 0.25) is 5.91 Å². The Morgan fingerprint density at radius 3 is 2.95 bits per heavy atom. The largest absolute Gasteiger partial charge is 0.491 e. The van der Waals surface area contributed by atoms with E-state index < -0.39 is 5.54 Å². The van der Waals surface area contributed by atoms with Gasteiger partial charge < -0.3 is 15.8 Å². The lowest BCUT2D eigenvalue weighted by Gasteiger charge is -2.32. The Hall–Kier alpha value is -1.62. The highest BCUT2D eigenvalue weighted by Gasteiger charge is 2.46. The summed E-state index contributed by atoms with van der Waals surface area (Å²) in [5, 5.41) is 3.08. The molecule has 0 spiro atoms. The standard InChI is InChI=1S/C15H21FN2O2/c1-18-15(14(17)19)9-4-5-11(15)8-10-20-13-7-3-2-6-12(13)16/h2-3,6-7,11,18H,4-5,8-10H2,1H3,(H2,17,19). The average molecular weight is 280 g/mol. The van der Waals surface area contributed by atoms with Crippen LogP contribution in [0.2, 0.25) is 0 Å². The van der Waals surface area contributed by atoms with Gasteiger partial charge in [-0.3, -0.25) is 4.79 Å². The normalized spacial score (nSPS) is 25.6. The number of halogens is 1. The number of carbonyl (C=O) groups excluding carboxylic acids is 1. The molecule has 2 atom stereocenters.